The summed E-state index contributed by atoms with van der Waals surface area (Å²) >= 11 is 2.21. The van der Waals surface area contributed by atoms with Crippen LogP contribution in [0.5, 0.6) is 0 Å². The maximum Gasteiger partial charge on any atom is 0.193 e. The van der Waals surface area contributed by atoms with Crippen molar-refractivity contribution in [2.75, 3.05) is 32.4 Å². The quantitative estimate of drug-likeness (QED) is 0.380. The highest BCUT2D eigenvalue weighted by atomic mass is 127. The highest BCUT2D eigenvalue weighted by Gasteiger charge is 2.38. The molecule has 0 amide bonds. The number of H-pyrrole nitrogens is 1. The molecule has 2 aromatic heterocycles. The summed E-state index contributed by atoms with van der Waals surface area (Å²) in [6, 6.07) is 4.14. The van der Waals surface area contributed by atoms with Crippen molar-refractivity contribution in [3.63, 3.8) is 0 Å². The van der Waals surface area contributed by atoms with Gasteiger partial charge in [0.25, 0.3) is 0 Å². The van der Waals surface area contributed by atoms with Crippen molar-refractivity contribution in [3.05, 3.63) is 30.1 Å². The number of halogens is 1. The number of thioether (sulfide) groups is 1. The van der Waals surface area contributed by atoms with Crippen molar-refractivity contribution in [2.45, 2.75) is 43.3 Å². The van der Waals surface area contributed by atoms with Crippen LogP contribution in [0.3, 0.4) is 0 Å². The number of hydrogen-bond acceptors (Lipinski definition) is 3. The number of fused-ring (bicyclic) bond motifs is 1. The van der Waals surface area contributed by atoms with Crippen LogP contribution >= 0.6 is 35.7 Å². The molecule has 1 aliphatic carbocycles. The highest BCUT2D eigenvalue weighted by Crippen LogP contribution is 2.42. The summed E-state index contributed by atoms with van der Waals surface area (Å²) < 4.78 is 0.469. The van der Waals surface area contributed by atoms with Crippen LogP contribution in [0.15, 0.2) is 29.5 Å². The zero-order valence-electron chi connectivity index (χ0n) is 16.0. The Bertz CT molecular complexity index is 763. The molecule has 1 spiro atoms. The summed E-state index contributed by atoms with van der Waals surface area (Å²) in [6.07, 6.45) is 11.8. The molecule has 4 rings (SSSR count). The molecule has 2 N–H and O–H groups in total. The Morgan fingerprint density at radius 3 is 3.04 bits per heavy atom. The molecule has 0 radical (unpaired) electrons. The van der Waals surface area contributed by atoms with Crippen LogP contribution in [-0.2, 0) is 6.42 Å². The van der Waals surface area contributed by atoms with E-state index in [1.165, 1.54) is 48.8 Å². The Kier molecular flexibility index (Phi) is 7.30. The number of rotatable bonds is 3. The first-order valence-electron chi connectivity index (χ1n) is 9.80. The molecule has 0 aromatic carbocycles. The lowest BCUT2D eigenvalue weighted by Gasteiger charge is -2.45. The zero-order valence-corrected chi connectivity index (χ0v) is 19.2. The largest absolute Gasteiger partial charge is 0.356 e. The molecule has 5 nitrogen and oxygen atoms in total. The Balaban J connectivity index is 0.00000210. The molecular formula is C20H30IN5S. The van der Waals surface area contributed by atoms with Crippen LogP contribution in [0.4, 0.5) is 0 Å². The fourth-order valence-electron chi connectivity index (χ4n) is 4.38. The van der Waals surface area contributed by atoms with E-state index in [4.69, 9.17) is 0 Å². The highest BCUT2D eigenvalue weighted by molar-refractivity contribution is 14.0. The van der Waals surface area contributed by atoms with Crippen molar-refractivity contribution in [1.82, 2.24) is 20.2 Å². The summed E-state index contributed by atoms with van der Waals surface area (Å²) in [5.41, 5.74) is 2.29. The minimum atomic E-state index is 0. The van der Waals surface area contributed by atoms with E-state index >= 15 is 0 Å². The Hall–Kier alpha value is -0.960. The average molecular weight is 499 g/mol. The first kappa shape index (κ1) is 20.8. The maximum atomic E-state index is 4.57. The minimum Gasteiger partial charge on any atom is -0.356 e. The number of nitrogens with zero attached hydrogens (tertiary/aromatic N) is 3. The third kappa shape index (κ3) is 4.72. The Morgan fingerprint density at radius 1 is 1.37 bits per heavy atom. The fourth-order valence-corrected chi connectivity index (χ4v) is 5.95. The van der Waals surface area contributed by atoms with Crippen molar-refractivity contribution in [2.24, 2.45) is 4.99 Å². The zero-order chi connectivity index (χ0) is 17.8. The van der Waals surface area contributed by atoms with Gasteiger partial charge in [0.1, 0.15) is 5.65 Å². The fraction of sp³-hybridized carbons (Fsp3) is 0.600. The summed E-state index contributed by atoms with van der Waals surface area (Å²) in [6.45, 7) is 3.14. The van der Waals surface area contributed by atoms with Gasteiger partial charge < -0.3 is 15.2 Å². The van der Waals surface area contributed by atoms with Crippen LogP contribution in [0.1, 0.15) is 37.7 Å². The molecule has 7 heteroatoms. The molecule has 2 aromatic rings. The molecule has 1 saturated carbocycles. The standard InChI is InChI=1S/C20H29N5S.HI/c1-21-19(25-12-13-26-20(15-25)8-3-2-4-9-20)23-11-7-16-14-24-18-17(16)6-5-10-22-18;/h5-6,10,14H,2-4,7-9,11-13,15H2,1H3,(H,21,23)(H,22,24);1H. The van der Waals surface area contributed by atoms with Crippen LogP contribution in [0.25, 0.3) is 11.0 Å². The second-order valence-electron chi connectivity index (χ2n) is 7.45. The Morgan fingerprint density at radius 2 is 2.22 bits per heavy atom. The van der Waals surface area contributed by atoms with Gasteiger partial charge in [-0.05, 0) is 37.0 Å². The topological polar surface area (TPSA) is 56.3 Å². The van der Waals surface area contributed by atoms with E-state index in [2.05, 4.69) is 49.2 Å². The number of aliphatic imine (C=N–C) groups is 1. The number of hydrogen-bond donors (Lipinski definition) is 2. The molecule has 2 fully saturated rings. The van der Waals surface area contributed by atoms with E-state index < -0.39 is 0 Å². The lowest BCUT2D eigenvalue weighted by Crippen LogP contribution is -2.53. The van der Waals surface area contributed by atoms with Crippen molar-refractivity contribution < 1.29 is 0 Å². The lowest BCUT2D eigenvalue weighted by atomic mass is 9.87. The van der Waals surface area contributed by atoms with Gasteiger partial charge in [-0.3, -0.25) is 4.99 Å². The van der Waals surface area contributed by atoms with Crippen LogP contribution in [0.2, 0.25) is 0 Å². The first-order chi connectivity index (χ1) is 12.8. The summed E-state index contributed by atoms with van der Waals surface area (Å²) in [5, 5.41) is 4.82. The summed E-state index contributed by atoms with van der Waals surface area (Å²) in [5.74, 6) is 2.28. The second-order valence-corrected chi connectivity index (χ2v) is 9.01. The van der Waals surface area contributed by atoms with Crippen LogP contribution in [-0.4, -0.2) is 58.0 Å². The van der Waals surface area contributed by atoms with E-state index in [1.807, 2.05) is 19.3 Å². The number of nitrogens with one attached hydrogen (secondary N) is 2. The third-order valence-electron chi connectivity index (χ3n) is 5.74. The normalized spacial score (nSPS) is 19.9. The third-order valence-corrected chi connectivity index (χ3v) is 7.28. The number of pyridine rings is 1. The number of aromatic amines is 1. The van der Waals surface area contributed by atoms with Crippen molar-refractivity contribution in [3.8, 4) is 0 Å². The minimum absolute atomic E-state index is 0. The molecule has 2 aliphatic rings. The number of aromatic nitrogens is 2. The molecule has 27 heavy (non-hydrogen) atoms. The van der Waals surface area contributed by atoms with Crippen molar-refractivity contribution in [1.29, 1.82) is 0 Å². The van der Waals surface area contributed by atoms with Crippen LogP contribution < -0.4 is 5.32 Å². The van der Waals surface area contributed by atoms with Gasteiger partial charge in [0.15, 0.2) is 5.96 Å². The van der Waals surface area contributed by atoms with Gasteiger partial charge in [0, 0.05) is 55.0 Å². The molecule has 3 heterocycles. The maximum absolute atomic E-state index is 4.57. The smallest absolute Gasteiger partial charge is 0.193 e. The summed E-state index contributed by atoms with van der Waals surface area (Å²) in [4.78, 5) is 14.7. The molecule has 1 saturated heterocycles. The summed E-state index contributed by atoms with van der Waals surface area (Å²) in [7, 11) is 1.91. The average Bonchev–Trinajstić information content (AvgIpc) is 3.09. The molecule has 0 bridgehead atoms. The predicted molar refractivity (Wildman–Crippen MR) is 126 cm³/mol. The van der Waals surface area contributed by atoms with Gasteiger partial charge in [0.2, 0.25) is 0 Å². The van der Waals surface area contributed by atoms with E-state index in [9.17, 15) is 0 Å². The lowest BCUT2D eigenvalue weighted by molar-refractivity contribution is 0.293. The van der Waals surface area contributed by atoms with E-state index in [-0.39, 0.29) is 24.0 Å². The van der Waals surface area contributed by atoms with Crippen LogP contribution in [0, 0.1) is 0 Å². The molecule has 148 valence electrons. The van der Waals surface area contributed by atoms with Gasteiger partial charge in [-0.25, -0.2) is 4.98 Å². The van der Waals surface area contributed by atoms with Gasteiger partial charge >= 0.3 is 0 Å². The molecular weight excluding hydrogens is 469 g/mol. The Labute approximate surface area is 183 Å². The first-order valence-corrected chi connectivity index (χ1v) is 10.8. The van der Waals surface area contributed by atoms with Gasteiger partial charge in [-0.2, -0.15) is 11.8 Å². The molecule has 0 unspecified atom stereocenters. The van der Waals surface area contributed by atoms with E-state index in [0.29, 0.717) is 4.75 Å². The van der Waals surface area contributed by atoms with Gasteiger partial charge in [0.05, 0.1) is 0 Å². The monoisotopic (exact) mass is 499 g/mol. The van der Waals surface area contributed by atoms with E-state index in [0.717, 1.165) is 37.7 Å². The number of guanidine groups is 1. The molecule has 0 atom stereocenters. The van der Waals surface area contributed by atoms with Gasteiger partial charge in [-0.1, -0.05) is 19.3 Å². The van der Waals surface area contributed by atoms with Gasteiger partial charge in [-0.15, -0.1) is 24.0 Å². The van der Waals surface area contributed by atoms with E-state index in [1.54, 1.807) is 0 Å². The van der Waals surface area contributed by atoms with Crippen molar-refractivity contribution >= 4 is 52.7 Å². The second kappa shape index (κ2) is 9.49. The SMILES string of the molecule is CN=C(NCCc1c[nH]c2ncccc12)N1CCSC2(CCCCC2)C1.I. The molecule has 1 aliphatic heterocycles. The predicted octanol–water partition coefficient (Wildman–Crippen LogP) is 4.05.